The Bertz CT molecular complexity index is 921. The van der Waals surface area contributed by atoms with E-state index < -0.39 is 63.3 Å². The Balaban J connectivity index is 1.54. The van der Waals surface area contributed by atoms with Crippen molar-refractivity contribution in [3.63, 3.8) is 0 Å². The van der Waals surface area contributed by atoms with Crippen molar-refractivity contribution in [2.75, 3.05) is 0 Å². The first-order chi connectivity index (χ1) is 14.6. The lowest BCUT2D eigenvalue weighted by Crippen LogP contribution is -2.58. The number of carbonyl (C=O) groups is 5. The van der Waals surface area contributed by atoms with Gasteiger partial charge < -0.3 is 0 Å². The van der Waals surface area contributed by atoms with Gasteiger partial charge in [0.05, 0.1) is 22.7 Å². The highest BCUT2D eigenvalue weighted by molar-refractivity contribution is 6.06. The number of rotatable bonds is 2. The van der Waals surface area contributed by atoms with E-state index in [9.17, 15) is 24.0 Å². The quantitative estimate of drug-likeness (QED) is 0.476. The van der Waals surface area contributed by atoms with E-state index in [0.29, 0.717) is 23.0 Å². The Kier molecular flexibility index (Phi) is 4.53. The topological polar surface area (TPSA) is 110 Å². The van der Waals surface area contributed by atoms with Crippen LogP contribution in [0.3, 0.4) is 0 Å². The fraction of sp³-hybridized carbons (Fsp3) is 0.609. The SMILES string of the molecule is CC(C)(C)C12C=CC(C1)C(=O)N(OC(=O)ON1C(=O)C3C=CC(C(C)(C)C)(C3)C1=O)C2=O. The number of hydrogen-bond acceptors (Lipinski definition) is 7. The number of amides is 4. The van der Waals surface area contributed by atoms with Gasteiger partial charge >= 0.3 is 6.16 Å². The molecule has 4 rings (SSSR count). The smallest absolute Gasteiger partial charge is 0.293 e. The van der Waals surface area contributed by atoms with Crippen molar-refractivity contribution in [3.05, 3.63) is 24.3 Å². The lowest BCUT2D eigenvalue weighted by molar-refractivity contribution is -0.222. The summed E-state index contributed by atoms with van der Waals surface area (Å²) in [6.07, 6.45) is 5.79. The van der Waals surface area contributed by atoms with Crippen LogP contribution in [0, 0.1) is 33.5 Å². The average Bonchev–Trinajstić information content (AvgIpc) is 3.29. The molecule has 2 aliphatic carbocycles. The number of hydrogen-bond donors (Lipinski definition) is 0. The second-order valence-electron chi connectivity index (χ2n) is 11.1. The first-order valence-electron chi connectivity index (χ1n) is 10.7. The standard InChI is InChI=1S/C23H28N2O7/c1-20(2,3)22-9-7-13(11-22)15(26)24(17(22)28)31-19(30)32-25-16(27)14-8-10-23(12-14,18(25)29)21(4,5)6/h7-10,13-14H,11-12H2,1-6H3. The summed E-state index contributed by atoms with van der Waals surface area (Å²) in [5.74, 6) is -3.96. The summed E-state index contributed by atoms with van der Waals surface area (Å²) in [6.45, 7) is 11.2. The molecule has 0 spiro atoms. The molecule has 4 amide bonds. The van der Waals surface area contributed by atoms with Crippen molar-refractivity contribution in [3.8, 4) is 0 Å². The Morgan fingerprint density at radius 2 is 1.12 bits per heavy atom. The minimum atomic E-state index is -1.50. The van der Waals surface area contributed by atoms with Gasteiger partial charge in [0.1, 0.15) is 0 Å². The molecule has 4 unspecified atom stereocenters. The summed E-state index contributed by atoms with van der Waals surface area (Å²) in [5.41, 5.74) is -3.10. The van der Waals surface area contributed by atoms with Crippen molar-refractivity contribution in [1.29, 1.82) is 0 Å². The third-order valence-electron chi connectivity index (χ3n) is 7.49. The van der Waals surface area contributed by atoms with Crippen LogP contribution in [0.15, 0.2) is 24.3 Å². The summed E-state index contributed by atoms with van der Waals surface area (Å²) < 4.78 is 0. The summed E-state index contributed by atoms with van der Waals surface area (Å²) in [6, 6.07) is 0. The molecule has 32 heavy (non-hydrogen) atoms. The van der Waals surface area contributed by atoms with Gasteiger partial charge in [0.2, 0.25) is 0 Å². The van der Waals surface area contributed by atoms with Gasteiger partial charge in [-0.1, -0.05) is 76.0 Å². The van der Waals surface area contributed by atoms with E-state index in [0.717, 1.165) is 0 Å². The third kappa shape index (κ3) is 2.79. The molecular formula is C23H28N2O7. The van der Waals surface area contributed by atoms with Gasteiger partial charge in [0.15, 0.2) is 0 Å². The average molecular weight is 444 g/mol. The lowest BCUT2D eigenvalue weighted by atomic mass is 9.63. The maximum atomic E-state index is 13.2. The van der Waals surface area contributed by atoms with E-state index in [4.69, 9.17) is 9.68 Å². The van der Waals surface area contributed by atoms with E-state index in [2.05, 4.69) is 0 Å². The Morgan fingerprint density at radius 1 is 0.781 bits per heavy atom. The highest BCUT2D eigenvalue weighted by Crippen LogP contribution is 2.54. The minimum absolute atomic E-state index is 0.299. The molecule has 9 heteroatoms. The maximum Gasteiger partial charge on any atom is 0.560 e. The number of nitrogens with zero attached hydrogens (tertiary/aromatic N) is 2. The first-order valence-corrected chi connectivity index (χ1v) is 10.7. The van der Waals surface area contributed by atoms with Gasteiger partial charge in [-0.25, -0.2) is 0 Å². The van der Waals surface area contributed by atoms with Crippen LogP contribution in [0.1, 0.15) is 54.4 Å². The number of imide groups is 2. The molecule has 4 atom stereocenters. The molecule has 2 saturated heterocycles. The van der Waals surface area contributed by atoms with Gasteiger partial charge in [0, 0.05) is 0 Å². The highest BCUT2D eigenvalue weighted by atomic mass is 16.9. The van der Waals surface area contributed by atoms with Crippen LogP contribution in [-0.4, -0.2) is 39.9 Å². The number of piperidine rings is 2. The molecular weight excluding hydrogens is 416 g/mol. The normalized spacial score (nSPS) is 33.9. The fourth-order valence-corrected chi connectivity index (χ4v) is 5.14. The zero-order chi connectivity index (χ0) is 23.9. The lowest BCUT2D eigenvalue weighted by Gasteiger charge is -2.45. The molecule has 9 nitrogen and oxygen atoms in total. The van der Waals surface area contributed by atoms with Crippen molar-refractivity contribution in [2.45, 2.75) is 54.4 Å². The molecule has 0 aromatic heterocycles. The molecule has 0 aromatic rings. The van der Waals surface area contributed by atoms with Crippen LogP contribution < -0.4 is 0 Å². The zero-order valence-electron chi connectivity index (χ0n) is 19.1. The molecule has 0 saturated carbocycles. The second kappa shape index (κ2) is 6.52. The summed E-state index contributed by atoms with van der Waals surface area (Å²) in [5, 5.41) is 0.820. The number of carbonyl (C=O) groups excluding carboxylic acids is 5. The van der Waals surface area contributed by atoms with Crippen molar-refractivity contribution >= 4 is 29.8 Å². The summed E-state index contributed by atoms with van der Waals surface area (Å²) in [4.78, 5) is 74.3. The summed E-state index contributed by atoms with van der Waals surface area (Å²) >= 11 is 0. The fourth-order valence-electron chi connectivity index (χ4n) is 5.14. The van der Waals surface area contributed by atoms with Crippen LogP contribution in [0.5, 0.6) is 0 Å². The third-order valence-corrected chi connectivity index (χ3v) is 7.49. The van der Waals surface area contributed by atoms with E-state index in [1.807, 2.05) is 41.5 Å². The Hall–Kier alpha value is -2.97. The van der Waals surface area contributed by atoms with E-state index in [1.54, 1.807) is 24.3 Å². The van der Waals surface area contributed by atoms with E-state index in [1.165, 1.54) is 0 Å². The molecule has 2 aliphatic heterocycles. The number of fused-ring (bicyclic) bond motifs is 4. The van der Waals surface area contributed by atoms with Gasteiger partial charge in [-0.2, -0.15) is 4.79 Å². The largest absolute Gasteiger partial charge is 0.560 e. The predicted molar refractivity (Wildman–Crippen MR) is 110 cm³/mol. The van der Waals surface area contributed by atoms with E-state index in [-0.39, 0.29) is 0 Å². The molecule has 2 heterocycles. The first kappa shape index (κ1) is 22.2. The van der Waals surface area contributed by atoms with Crippen molar-refractivity contribution in [1.82, 2.24) is 10.1 Å². The summed E-state index contributed by atoms with van der Waals surface area (Å²) in [7, 11) is 0. The minimum Gasteiger partial charge on any atom is -0.293 e. The van der Waals surface area contributed by atoms with Gasteiger partial charge in [0.25, 0.3) is 23.6 Å². The molecule has 172 valence electrons. The van der Waals surface area contributed by atoms with Gasteiger partial charge in [-0.15, -0.1) is 0 Å². The molecule has 0 N–H and O–H groups in total. The highest BCUT2D eigenvalue weighted by Gasteiger charge is 2.61. The molecule has 0 aromatic carbocycles. The van der Waals surface area contributed by atoms with Crippen LogP contribution >= 0.6 is 0 Å². The van der Waals surface area contributed by atoms with Crippen molar-refractivity contribution < 1.29 is 33.6 Å². The van der Waals surface area contributed by atoms with Crippen LogP contribution in [0.25, 0.3) is 0 Å². The Labute approximate surface area is 186 Å². The second-order valence-corrected chi connectivity index (χ2v) is 11.1. The van der Waals surface area contributed by atoms with Crippen molar-refractivity contribution in [2.24, 2.45) is 33.5 Å². The maximum absolute atomic E-state index is 13.2. The molecule has 0 radical (unpaired) electrons. The van der Waals surface area contributed by atoms with Gasteiger partial charge in [-0.3, -0.25) is 28.9 Å². The van der Waals surface area contributed by atoms with Crippen LogP contribution in [0.2, 0.25) is 0 Å². The molecule has 2 fully saturated rings. The predicted octanol–water partition coefficient (Wildman–Crippen LogP) is 2.92. The molecule has 4 aliphatic rings. The monoisotopic (exact) mass is 444 g/mol. The van der Waals surface area contributed by atoms with Crippen LogP contribution in [-0.2, 0) is 28.9 Å². The van der Waals surface area contributed by atoms with E-state index >= 15 is 0 Å². The molecule has 4 bridgehead atoms. The number of hydroxylamine groups is 4. The van der Waals surface area contributed by atoms with Gasteiger partial charge in [-0.05, 0) is 23.7 Å². The zero-order valence-corrected chi connectivity index (χ0v) is 19.1. The Morgan fingerprint density at radius 3 is 1.44 bits per heavy atom. The van der Waals surface area contributed by atoms with Crippen LogP contribution in [0.4, 0.5) is 4.79 Å².